The number of nitrogens with one attached hydrogen (secondary N) is 1. The van der Waals surface area contributed by atoms with Crippen LogP contribution in [-0.2, 0) is 14.8 Å². The van der Waals surface area contributed by atoms with Crippen LogP contribution in [0.3, 0.4) is 0 Å². The van der Waals surface area contributed by atoms with Crippen molar-refractivity contribution in [2.75, 3.05) is 37.5 Å². The van der Waals surface area contributed by atoms with Gasteiger partial charge in [-0.25, -0.2) is 27.6 Å². The molecular weight excluding hydrogens is 528 g/mol. The van der Waals surface area contributed by atoms with E-state index in [9.17, 15) is 13.2 Å². The molecule has 0 atom stereocenters. The molecule has 1 saturated heterocycles. The Bertz CT molecular complexity index is 1860. The van der Waals surface area contributed by atoms with Gasteiger partial charge in [0.05, 0.1) is 48.3 Å². The lowest BCUT2D eigenvalue weighted by Crippen LogP contribution is -2.36. The average molecular weight is 555 g/mol. The number of fused-ring (bicyclic) bond motifs is 2. The zero-order valence-corrected chi connectivity index (χ0v) is 22.5. The highest BCUT2D eigenvalue weighted by molar-refractivity contribution is 7.89. The van der Waals surface area contributed by atoms with Gasteiger partial charge in [0.25, 0.3) is 5.91 Å². The SMILES string of the molecule is CS(=O)(=O)NC(=O)c1cccc2nc(C=Cc3nc4c(N5CCOCC5)ccnn4c3-c3ccccc3)ccc12. The van der Waals surface area contributed by atoms with Crippen molar-refractivity contribution in [2.24, 2.45) is 0 Å². The van der Waals surface area contributed by atoms with E-state index in [1.54, 1.807) is 36.5 Å². The van der Waals surface area contributed by atoms with Gasteiger partial charge in [0.2, 0.25) is 10.0 Å². The van der Waals surface area contributed by atoms with Crippen molar-refractivity contribution in [3.8, 4) is 11.3 Å². The molecule has 0 spiro atoms. The Morgan fingerprint density at radius 2 is 1.75 bits per heavy atom. The normalized spacial score (nSPS) is 14.3. The van der Waals surface area contributed by atoms with Gasteiger partial charge in [0.15, 0.2) is 5.65 Å². The maximum atomic E-state index is 12.5. The Hall–Kier alpha value is -4.61. The van der Waals surface area contributed by atoms with E-state index in [-0.39, 0.29) is 5.56 Å². The Labute approximate surface area is 231 Å². The third kappa shape index (κ3) is 5.16. The summed E-state index contributed by atoms with van der Waals surface area (Å²) in [5.41, 5.74) is 5.80. The summed E-state index contributed by atoms with van der Waals surface area (Å²) in [6.07, 6.45) is 6.52. The van der Waals surface area contributed by atoms with Crippen LogP contribution < -0.4 is 9.62 Å². The Balaban J connectivity index is 1.41. The van der Waals surface area contributed by atoms with Gasteiger partial charge < -0.3 is 9.64 Å². The van der Waals surface area contributed by atoms with Crippen LogP contribution in [0.15, 0.2) is 72.9 Å². The number of hydrogen-bond donors (Lipinski definition) is 1. The number of sulfonamides is 1. The summed E-state index contributed by atoms with van der Waals surface area (Å²) >= 11 is 0. The average Bonchev–Trinajstić information content (AvgIpc) is 3.34. The third-order valence-corrected chi connectivity index (χ3v) is 7.17. The highest BCUT2D eigenvalue weighted by atomic mass is 32.2. The second kappa shape index (κ2) is 10.5. The first kappa shape index (κ1) is 25.7. The van der Waals surface area contributed by atoms with Crippen LogP contribution in [0.25, 0.3) is 40.0 Å². The van der Waals surface area contributed by atoms with Gasteiger partial charge in [-0.2, -0.15) is 5.10 Å². The summed E-state index contributed by atoms with van der Waals surface area (Å²) in [7, 11) is -3.69. The molecule has 0 bridgehead atoms. The minimum atomic E-state index is -3.69. The van der Waals surface area contributed by atoms with Crippen LogP contribution >= 0.6 is 0 Å². The molecule has 3 aromatic heterocycles. The van der Waals surface area contributed by atoms with Crippen molar-refractivity contribution < 1.29 is 17.9 Å². The van der Waals surface area contributed by atoms with Gasteiger partial charge >= 0.3 is 0 Å². The Morgan fingerprint density at radius 3 is 2.52 bits per heavy atom. The summed E-state index contributed by atoms with van der Waals surface area (Å²) in [6.45, 7) is 2.89. The summed E-state index contributed by atoms with van der Waals surface area (Å²) in [5.74, 6) is -0.695. The van der Waals surface area contributed by atoms with E-state index >= 15 is 0 Å². The minimum absolute atomic E-state index is 0.236. The molecule has 11 heteroatoms. The van der Waals surface area contributed by atoms with Crippen LogP contribution in [0, 0.1) is 0 Å². The number of rotatable bonds is 6. The predicted octanol–water partition coefficient (Wildman–Crippen LogP) is 3.64. The summed E-state index contributed by atoms with van der Waals surface area (Å²) in [5, 5.41) is 5.20. The van der Waals surface area contributed by atoms with Crippen molar-refractivity contribution in [1.82, 2.24) is 24.3 Å². The molecule has 1 fully saturated rings. The molecule has 1 N–H and O–H groups in total. The maximum Gasteiger partial charge on any atom is 0.265 e. The minimum Gasteiger partial charge on any atom is -0.378 e. The van der Waals surface area contributed by atoms with Crippen molar-refractivity contribution in [1.29, 1.82) is 0 Å². The van der Waals surface area contributed by atoms with Gasteiger partial charge in [0.1, 0.15) is 5.69 Å². The van der Waals surface area contributed by atoms with E-state index < -0.39 is 15.9 Å². The van der Waals surface area contributed by atoms with Crippen molar-refractivity contribution in [3.63, 3.8) is 0 Å². The number of pyridine rings is 1. The number of ether oxygens (including phenoxy) is 1. The molecule has 1 amide bonds. The number of aromatic nitrogens is 4. The standard InChI is InChI=1S/C29H26N6O4S/c1-40(37,38)33-29(36)23-8-5-9-24-22(23)12-10-21(31-24)11-13-25-27(20-6-3-2-4-7-20)35-28(32-25)26(14-15-30-35)34-16-18-39-19-17-34/h2-15H,16-19H2,1H3,(H,33,36). The molecule has 0 radical (unpaired) electrons. The Kier molecular flexibility index (Phi) is 6.74. The van der Waals surface area contributed by atoms with Gasteiger partial charge in [0, 0.05) is 29.6 Å². The van der Waals surface area contributed by atoms with Gasteiger partial charge in [-0.1, -0.05) is 36.4 Å². The Morgan fingerprint density at radius 1 is 0.950 bits per heavy atom. The van der Waals surface area contributed by atoms with Gasteiger partial charge in [-0.05, 0) is 42.5 Å². The van der Waals surface area contributed by atoms with Crippen LogP contribution in [0.2, 0.25) is 0 Å². The smallest absolute Gasteiger partial charge is 0.265 e. The number of anilines is 1. The number of imidazole rings is 1. The molecule has 4 heterocycles. The molecule has 5 aromatic rings. The highest BCUT2D eigenvalue weighted by Crippen LogP contribution is 2.30. The number of amides is 1. The fourth-order valence-corrected chi connectivity index (χ4v) is 5.28. The van der Waals surface area contributed by atoms with E-state index in [0.29, 0.717) is 29.8 Å². The molecule has 1 aliphatic rings. The van der Waals surface area contributed by atoms with Crippen molar-refractivity contribution in [2.45, 2.75) is 0 Å². The van der Waals surface area contributed by atoms with Crippen LogP contribution in [0.4, 0.5) is 5.69 Å². The fraction of sp³-hybridized carbons (Fsp3) is 0.172. The second-order valence-corrected chi connectivity index (χ2v) is 11.2. The van der Waals surface area contributed by atoms with Crippen LogP contribution in [0.5, 0.6) is 0 Å². The fourth-order valence-electron chi connectivity index (χ4n) is 4.83. The zero-order chi connectivity index (χ0) is 27.7. The first-order valence-corrected chi connectivity index (χ1v) is 14.6. The highest BCUT2D eigenvalue weighted by Gasteiger charge is 2.20. The lowest BCUT2D eigenvalue weighted by molar-refractivity contribution is 0.0983. The number of carbonyl (C=O) groups is 1. The molecule has 2 aromatic carbocycles. The number of benzene rings is 2. The van der Waals surface area contributed by atoms with Crippen LogP contribution in [-0.4, -0.2) is 66.5 Å². The second-order valence-electron chi connectivity index (χ2n) is 9.41. The number of morpholine rings is 1. The summed E-state index contributed by atoms with van der Waals surface area (Å²) in [6, 6.07) is 20.6. The molecule has 0 saturated carbocycles. The quantitative estimate of drug-likeness (QED) is 0.338. The van der Waals surface area contributed by atoms with E-state index in [1.165, 1.54) is 0 Å². The van der Waals surface area contributed by atoms with E-state index in [4.69, 9.17) is 9.72 Å². The van der Waals surface area contributed by atoms with Crippen molar-refractivity contribution in [3.05, 3.63) is 89.9 Å². The zero-order valence-electron chi connectivity index (χ0n) is 21.7. The lowest BCUT2D eigenvalue weighted by Gasteiger charge is -2.28. The van der Waals surface area contributed by atoms with Gasteiger partial charge in [-0.15, -0.1) is 0 Å². The molecular formula is C29H26N6O4S. The third-order valence-electron chi connectivity index (χ3n) is 6.61. The lowest BCUT2D eigenvalue weighted by atomic mass is 10.1. The van der Waals surface area contributed by atoms with Crippen LogP contribution in [0.1, 0.15) is 21.7 Å². The molecule has 10 nitrogen and oxygen atoms in total. The first-order chi connectivity index (χ1) is 19.4. The largest absolute Gasteiger partial charge is 0.378 e. The van der Waals surface area contributed by atoms with E-state index in [1.807, 2.05) is 57.8 Å². The first-order valence-electron chi connectivity index (χ1n) is 12.7. The summed E-state index contributed by atoms with van der Waals surface area (Å²) < 4.78 is 32.5. The molecule has 202 valence electrons. The van der Waals surface area contributed by atoms with E-state index in [0.717, 1.165) is 47.6 Å². The predicted molar refractivity (Wildman–Crippen MR) is 154 cm³/mol. The van der Waals surface area contributed by atoms with Gasteiger partial charge in [-0.3, -0.25) is 4.79 Å². The summed E-state index contributed by atoms with van der Waals surface area (Å²) in [4.78, 5) is 24.5. The number of hydrogen-bond acceptors (Lipinski definition) is 8. The van der Waals surface area contributed by atoms with E-state index in [2.05, 4.69) is 15.0 Å². The number of nitrogens with zero attached hydrogens (tertiary/aromatic N) is 5. The topological polar surface area (TPSA) is 119 Å². The maximum absolute atomic E-state index is 12.5. The monoisotopic (exact) mass is 554 g/mol. The molecule has 0 aliphatic carbocycles. The molecule has 6 rings (SSSR count). The van der Waals surface area contributed by atoms with Crippen molar-refractivity contribution >= 4 is 50.3 Å². The molecule has 1 aliphatic heterocycles. The molecule has 0 unspecified atom stereocenters. The number of carbonyl (C=O) groups excluding carboxylic acids is 1. The molecule has 40 heavy (non-hydrogen) atoms.